The predicted molar refractivity (Wildman–Crippen MR) is 89.6 cm³/mol. The summed E-state index contributed by atoms with van der Waals surface area (Å²) in [6.07, 6.45) is 0. The first-order chi connectivity index (χ1) is 11.3. The summed E-state index contributed by atoms with van der Waals surface area (Å²) in [6.45, 7) is 7.26. The number of aromatic nitrogens is 4. The van der Waals surface area contributed by atoms with Gasteiger partial charge >= 0.3 is 5.97 Å². The molecule has 7 nitrogen and oxygen atoms in total. The molecule has 3 rings (SSSR count). The summed E-state index contributed by atoms with van der Waals surface area (Å²) in [7, 11) is 0. The lowest BCUT2D eigenvalue weighted by atomic mass is 9.95. The van der Waals surface area contributed by atoms with Gasteiger partial charge in [0, 0.05) is 16.3 Å². The molecule has 0 unspecified atom stereocenters. The van der Waals surface area contributed by atoms with Crippen LogP contribution in [0.3, 0.4) is 0 Å². The predicted octanol–water partition coefficient (Wildman–Crippen LogP) is 2.96. The maximum atomic E-state index is 12.8. The maximum absolute atomic E-state index is 12.8. The Labute approximate surface area is 144 Å². The SMILES string of the molecule is CC1=C(C(=O)OC(C)(C)C)[C@H](c2ccccc2Cl)n2nnnc2N1. The normalized spacial score (nSPS) is 17.3. The van der Waals surface area contributed by atoms with Crippen molar-refractivity contribution in [3.63, 3.8) is 0 Å². The zero-order valence-corrected chi connectivity index (χ0v) is 14.6. The van der Waals surface area contributed by atoms with Crippen molar-refractivity contribution in [3.8, 4) is 0 Å². The summed E-state index contributed by atoms with van der Waals surface area (Å²) in [5.41, 5.74) is 1.18. The van der Waals surface area contributed by atoms with Gasteiger partial charge in [-0.3, -0.25) is 0 Å². The summed E-state index contributed by atoms with van der Waals surface area (Å²) in [5.74, 6) is 0.0169. The Balaban J connectivity index is 2.14. The van der Waals surface area contributed by atoms with E-state index in [9.17, 15) is 4.79 Å². The Bertz CT molecular complexity index is 822. The van der Waals surface area contributed by atoms with Crippen LogP contribution in [0.4, 0.5) is 5.95 Å². The van der Waals surface area contributed by atoms with Gasteiger partial charge in [-0.15, -0.1) is 0 Å². The number of hydrogen-bond acceptors (Lipinski definition) is 6. The summed E-state index contributed by atoms with van der Waals surface area (Å²) >= 11 is 6.36. The maximum Gasteiger partial charge on any atom is 0.338 e. The number of halogens is 1. The number of tetrazole rings is 1. The number of ether oxygens (including phenoxy) is 1. The third kappa shape index (κ3) is 2.99. The fourth-order valence-corrected chi connectivity index (χ4v) is 2.83. The molecule has 0 aliphatic carbocycles. The van der Waals surface area contributed by atoms with Gasteiger partial charge in [0.1, 0.15) is 11.6 Å². The fraction of sp³-hybridized carbons (Fsp3) is 0.375. The number of carbonyl (C=O) groups is 1. The molecular weight excluding hydrogens is 330 g/mol. The van der Waals surface area contributed by atoms with Crippen molar-refractivity contribution in [2.24, 2.45) is 0 Å². The average molecular weight is 348 g/mol. The second-order valence-electron chi connectivity index (χ2n) is 6.54. The molecule has 0 bridgehead atoms. The van der Waals surface area contributed by atoms with Crippen molar-refractivity contribution < 1.29 is 9.53 Å². The highest BCUT2D eigenvalue weighted by Crippen LogP contribution is 2.38. The van der Waals surface area contributed by atoms with Crippen LogP contribution in [0.1, 0.15) is 39.3 Å². The van der Waals surface area contributed by atoms with Crippen LogP contribution in [0.5, 0.6) is 0 Å². The van der Waals surface area contributed by atoms with Crippen LogP contribution in [0.15, 0.2) is 35.5 Å². The molecule has 8 heteroatoms. The van der Waals surface area contributed by atoms with Crippen molar-refractivity contribution >= 4 is 23.5 Å². The van der Waals surface area contributed by atoms with E-state index in [2.05, 4.69) is 20.8 Å². The van der Waals surface area contributed by atoms with Crippen molar-refractivity contribution in [1.82, 2.24) is 20.2 Å². The van der Waals surface area contributed by atoms with E-state index >= 15 is 0 Å². The number of fused-ring (bicyclic) bond motifs is 1. The van der Waals surface area contributed by atoms with E-state index in [4.69, 9.17) is 16.3 Å². The lowest BCUT2D eigenvalue weighted by Crippen LogP contribution is -2.33. The zero-order valence-electron chi connectivity index (χ0n) is 13.9. The van der Waals surface area contributed by atoms with Crippen LogP contribution in [0, 0.1) is 0 Å². The molecule has 1 aliphatic heterocycles. The lowest BCUT2D eigenvalue weighted by Gasteiger charge is -2.30. The first kappa shape index (κ1) is 16.4. The smallest absolute Gasteiger partial charge is 0.338 e. The lowest BCUT2D eigenvalue weighted by molar-refractivity contribution is -0.150. The number of benzene rings is 1. The number of allylic oxidation sites excluding steroid dienone is 1. The molecule has 1 aliphatic rings. The number of hydrogen-bond donors (Lipinski definition) is 1. The number of nitrogens with one attached hydrogen (secondary N) is 1. The van der Waals surface area contributed by atoms with Gasteiger partial charge in [0.15, 0.2) is 0 Å². The molecule has 1 aromatic heterocycles. The van der Waals surface area contributed by atoms with E-state index in [-0.39, 0.29) is 0 Å². The Hall–Kier alpha value is -2.41. The largest absolute Gasteiger partial charge is 0.456 e. The van der Waals surface area contributed by atoms with E-state index in [0.717, 1.165) is 5.56 Å². The number of rotatable bonds is 2. The number of anilines is 1. The Morgan fingerprint density at radius 3 is 2.71 bits per heavy atom. The van der Waals surface area contributed by atoms with Crippen LogP contribution >= 0.6 is 11.6 Å². The molecule has 0 saturated carbocycles. The summed E-state index contributed by atoms with van der Waals surface area (Å²) < 4.78 is 7.10. The number of esters is 1. The average Bonchev–Trinajstić information content (AvgIpc) is 2.92. The van der Waals surface area contributed by atoms with Gasteiger partial charge in [0.25, 0.3) is 0 Å². The van der Waals surface area contributed by atoms with Crippen molar-refractivity contribution in [3.05, 3.63) is 46.1 Å². The molecule has 0 fully saturated rings. The molecule has 24 heavy (non-hydrogen) atoms. The first-order valence-electron chi connectivity index (χ1n) is 7.51. The standard InChI is InChI=1S/C16H18ClN5O2/c1-9-12(14(23)24-16(2,3)4)13(10-7-5-6-8-11(10)17)22-15(18-9)19-20-21-22/h5-8,13H,1-4H3,(H,18,19,21)/t13-/m0/s1. The Kier molecular flexibility index (Phi) is 4.04. The third-order valence-corrected chi connectivity index (χ3v) is 3.88. The van der Waals surface area contributed by atoms with Crippen molar-refractivity contribution in [1.29, 1.82) is 0 Å². The van der Waals surface area contributed by atoms with Gasteiger partial charge in [0.2, 0.25) is 5.95 Å². The van der Waals surface area contributed by atoms with E-state index in [1.165, 1.54) is 4.68 Å². The van der Waals surface area contributed by atoms with Crippen LogP contribution < -0.4 is 5.32 Å². The minimum Gasteiger partial charge on any atom is -0.456 e. The molecule has 2 heterocycles. The quantitative estimate of drug-likeness (QED) is 0.841. The van der Waals surface area contributed by atoms with Gasteiger partial charge in [0.05, 0.1) is 5.57 Å². The summed E-state index contributed by atoms with van der Waals surface area (Å²) in [4.78, 5) is 12.8. The van der Waals surface area contributed by atoms with E-state index in [1.807, 2.05) is 39.0 Å². The Morgan fingerprint density at radius 1 is 1.33 bits per heavy atom. The van der Waals surface area contributed by atoms with E-state index in [0.29, 0.717) is 22.2 Å². The van der Waals surface area contributed by atoms with Crippen molar-refractivity contribution in [2.45, 2.75) is 39.3 Å². The molecule has 126 valence electrons. The molecule has 2 aromatic rings. The van der Waals surface area contributed by atoms with Crippen LogP contribution in [0.25, 0.3) is 0 Å². The Morgan fingerprint density at radius 2 is 2.04 bits per heavy atom. The second-order valence-corrected chi connectivity index (χ2v) is 6.94. The molecule has 0 spiro atoms. The molecular formula is C16H18ClN5O2. The fourth-order valence-electron chi connectivity index (χ4n) is 2.59. The molecule has 1 N–H and O–H groups in total. The van der Waals surface area contributed by atoms with Gasteiger partial charge in [-0.05, 0) is 44.2 Å². The number of nitrogens with zero attached hydrogens (tertiary/aromatic N) is 4. The van der Waals surface area contributed by atoms with E-state index in [1.54, 1.807) is 13.0 Å². The molecule has 1 atom stereocenters. The van der Waals surface area contributed by atoms with Crippen LogP contribution in [0.2, 0.25) is 5.02 Å². The zero-order chi connectivity index (χ0) is 17.5. The third-order valence-electron chi connectivity index (χ3n) is 3.53. The summed E-state index contributed by atoms with van der Waals surface area (Å²) in [6, 6.07) is 6.75. The van der Waals surface area contributed by atoms with Gasteiger partial charge in [-0.2, -0.15) is 4.68 Å². The highest BCUT2D eigenvalue weighted by atomic mass is 35.5. The first-order valence-corrected chi connectivity index (χ1v) is 7.89. The minimum atomic E-state index is -0.615. The molecule has 0 radical (unpaired) electrons. The topological polar surface area (TPSA) is 81.9 Å². The van der Waals surface area contributed by atoms with Gasteiger partial charge in [-0.1, -0.05) is 34.9 Å². The summed E-state index contributed by atoms with van der Waals surface area (Å²) in [5, 5.41) is 15.2. The highest BCUT2D eigenvalue weighted by molar-refractivity contribution is 6.31. The van der Waals surface area contributed by atoms with Crippen LogP contribution in [-0.2, 0) is 9.53 Å². The number of carbonyl (C=O) groups excluding carboxylic acids is 1. The molecule has 1 aromatic carbocycles. The van der Waals surface area contributed by atoms with E-state index < -0.39 is 17.6 Å². The van der Waals surface area contributed by atoms with Gasteiger partial charge in [-0.25, -0.2) is 4.79 Å². The van der Waals surface area contributed by atoms with Gasteiger partial charge < -0.3 is 10.1 Å². The van der Waals surface area contributed by atoms with Crippen molar-refractivity contribution in [2.75, 3.05) is 5.32 Å². The highest BCUT2D eigenvalue weighted by Gasteiger charge is 2.37. The minimum absolute atomic E-state index is 0.429. The monoisotopic (exact) mass is 347 g/mol. The second kappa shape index (κ2) is 5.90. The molecule has 0 amide bonds. The molecule has 0 saturated heterocycles. The van der Waals surface area contributed by atoms with Crippen LogP contribution in [-0.4, -0.2) is 31.8 Å².